The van der Waals surface area contributed by atoms with Crippen molar-refractivity contribution >= 4 is 0 Å². The summed E-state index contributed by atoms with van der Waals surface area (Å²) in [7, 11) is 2.39. The van der Waals surface area contributed by atoms with Gasteiger partial charge in [-0.25, -0.2) is 0 Å². The second kappa shape index (κ2) is 7.60. The summed E-state index contributed by atoms with van der Waals surface area (Å²) < 4.78 is 1.28. The lowest BCUT2D eigenvalue weighted by molar-refractivity contribution is -0.909. The molecule has 0 atom stereocenters. The van der Waals surface area contributed by atoms with E-state index in [0.717, 1.165) is 0 Å². The Kier molecular flexibility index (Phi) is 9.17. The van der Waals surface area contributed by atoms with Gasteiger partial charge >= 0.3 is 0 Å². The lowest BCUT2D eigenvalue weighted by Crippen LogP contribution is -2.45. The third-order valence-electron chi connectivity index (χ3n) is 2.29. The molecule has 76 valence electrons. The van der Waals surface area contributed by atoms with Crippen molar-refractivity contribution in [2.24, 2.45) is 0 Å². The van der Waals surface area contributed by atoms with E-state index < -0.39 is 0 Å². The summed E-state index contributed by atoms with van der Waals surface area (Å²) in [4.78, 5) is 0. The zero-order valence-corrected chi connectivity index (χ0v) is 9.69. The number of rotatable bonds is 6. The van der Waals surface area contributed by atoms with E-state index in [9.17, 15) is 0 Å². The van der Waals surface area contributed by atoms with Gasteiger partial charge in [0.25, 0.3) is 0 Å². The fraction of sp³-hybridized carbons (Fsp3) is 0.909. The van der Waals surface area contributed by atoms with Gasteiger partial charge < -0.3 is 11.9 Å². The molecule has 0 heterocycles. The molecule has 0 aliphatic rings. The van der Waals surface area contributed by atoms with Crippen molar-refractivity contribution in [2.75, 3.05) is 26.7 Å². The summed E-state index contributed by atoms with van der Waals surface area (Å²) in [6, 6.07) is 0. The van der Waals surface area contributed by atoms with Crippen LogP contribution in [0.1, 0.15) is 40.0 Å². The lowest BCUT2D eigenvalue weighted by atomic mass is 10.2. The molecule has 0 aromatic carbocycles. The van der Waals surface area contributed by atoms with Crippen molar-refractivity contribution in [3.8, 4) is 0 Å². The molecule has 0 amide bonds. The highest BCUT2D eigenvalue weighted by molar-refractivity contribution is 4.37. The molecule has 0 fully saturated rings. The average molecular weight is 173 g/mol. The summed E-state index contributed by atoms with van der Waals surface area (Å²) in [5.41, 5.74) is 0. The van der Waals surface area contributed by atoms with Crippen LogP contribution < -0.4 is 0 Å². The largest absolute Gasteiger partial charge is 0.358 e. The molecule has 0 spiro atoms. The summed E-state index contributed by atoms with van der Waals surface area (Å²) in [6.45, 7) is 10.9. The molecule has 0 N–H and O–H groups in total. The molecule has 0 bridgehead atoms. The predicted octanol–water partition coefficient (Wildman–Crippen LogP) is 3.11. The first kappa shape index (κ1) is 14.5. The summed E-state index contributed by atoms with van der Waals surface area (Å²) in [5, 5.41) is 0. The van der Waals surface area contributed by atoms with E-state index >= 15 is 0 Å². The van der Waals surface area contributed by atoms with Crippen molar-refractivity contribution in [2.45, 2.75) is 40.0 Å². The van der Waals surface area contributed by atoms with Crippen LogP contribution in [-0.4, -0.2) is 31.2 Å². The van der Waals surface area contributed by atoms with Crippen LogP contribution in [0.5, 0.6) is 0 Å². The van der Waals surface area contributed by atoms with E-state index in [4.69, 9.17) is 0 Å². The van der Waals surface area contributed by atoms with Gasteiger partial charge in [0.2, 0.25) is 0 Å². The SMILES string of the molecule is CCC[N+](C)(CCC)CCC.[CH3-]. The molecule has 0 saturated heterocycles. The zero-order valence-electron chi connectivity index (χ0n) is 9.69. The maximum atomic E-state index is 2.39. The molecule has 12 heavy (non-hydrogen) atoms. The fourth-order valence-corrected chi connectivity index (χ4v) is 1.95. The highest BCUT2D eigenvalue weighted by Crippen LogP contribution is 2.06. The molecular formula is C11H27N. The predicted molar refractivity (Wildman–Crippen MR) is 58.1 cm³/mol. The normalized spacial score (nSPS) is 11.0. The van der Waals surface area contributed by atoms with Gasteiger partial charge in [-0.05, 0) is 19.3 Å². The van der Waals surface area contributed by atoms with E-state index in [1.807, 2.05) is 0 Å². The fourth-order valence-electron chi connectivity index (χ4n) is 1.95. The zero-order chi connectivity index (χ0) is 8.74. The first-order chi connectivity index (χ1) is 5.18. The van der Waals surface area contributed by atoms with E-state index in [1.165, 1.54) is 43.4 Å². The lowest BCUT2D eigenvalue weighted by Gasteiger charge is -2.33. The molecule has 0 aliphatic carbocycles. The average Bonchev–Trinajstić information content (AvgIpc) is 1.88. The van der Waals surface area contributed by atoms with Gasteiger partial charge in [-0.3, -0.25) is 0 Å². The Morgan fingerprint density at radius 3 is 1.17 bits per heavy atom. The van der Waals surface area contributed by atoms with E-state index in [-0.39, 0.29) is 7.43 Å². The molecular weight excluding hydrogens is 146 g/mol. The number of hydrogen-bond acceptors (Lipinski definition) is 0. The second-order valence-corrected chi connectivity index (χ2v) is 3.79. The van der Waals surface area contributed by atoms with Crippen molar-refractivity contribution in [1.29, 1.82) is 0 Å². The Balaban J connectivity index is 0. The van der Waals surface area contributed by atoms with Gasteiger partial charge in [0.05, 0.1) is 26.7 Å². The smallest absolute Gasteiger partial charge is 0.0781 e. The van der Waals surface area contributed by atoms with Crippen LogP contribution in [0.2, 0.25) is 0 Å². The molecule has 0 aromatic heterocycles. The Morgan fingerprint density at radius 2 is 1.00 bits per heavy atom. The molecule has 0 rings (SSSR count). The molecule has 0 saturated carbocycles. The monoisotopic (exact) mass is 173 g/mol. The van der Waals surface area contributed by atoms with Crippen molar-refractivity contribution in [3.05, 3.63) is 7.43 Å². The molecule has 0 unspecified atom stereocenters. The van der Waals surface area contributed by atoms with Crippen LogP contribution in [0.3, 0.4) is 0 Å². The Morgan fingerprint density at radius 1 is 0.750 bits per heavy atom. The topological polar surface area (TPSA) is 0 Å². The highest BCUT2D eigenvalue weighted by Gasteiger charge is 2.16. The van der Waals surface area contributed by atoms with Gasteiger partial charge in [0.1, 0.15) is 0 Å². The quantitative estimate of drug-likeness (QED) is 0.428. The van der Waals surface area contributed by atoms with Crippen LogP contribution in [0.15, 0.2) is 0 Å². The van der Waals surface area contributed by atoms with E-state index in [0.29, 0.717) is 0 Å². The molecule has 1 nitrogen and oxygen atoms in total. The first-order valence-corrected chi connectivity index (χ1v) is 5.02. The Bertz CT molecular complexity index is 72.0. The van der Waals surface area contributed by atoms with Gasteiger partial charge in [0.15, 0.2) is 0 Å². The number of hydrogen-bond donors (Lipinski definition) is 0. The van der Waals surface area contributed by atoms with Crippen LogP contribution in [-0.2, 0) is 0 Å². The number of quaternary nitrogens is 1. The standard InChI is InChI=1S/C10H24N.CH3/c1-5-8-11(4,9-6-2)10-7-3;/h5-10H2,1-4H3;1H3/q+1;-1. The summed E-state index contributed by atoms with van der Waals surface area (Å²) >= 11 is 0. The maximum absolute atomic E-state index is 2.39. The highest BCUT2D eigenvalue weighted by atomic mass is 15.3. The van der Waals surface area contributed by atoms with Gasteiger partial charge in [-0.1, -0.05) is 20.8 Å². The minimum absolute atomic E-state index is 0. The van der Waals surface area contributed by atoms with E-state index in [2.05, 4.69) is 27.8 Å². The van der Waals surface area contributed by atoms with Gasteiger partial charge in [-0.15, -0.1) is 0 Å². The molecule has 0 radical (unpaired) electrons. The third kappa shape index (κ3) is 5.59. The Hall–Kier alpha value is -0.0400. The minimum atomic E-state index is 0. The maximum Gasteiger partial charge on any atom is 0.0781 e. The van der Waals surface area contributed by atoms with Crippen molar-refractivity contribution < 1.29 is 4.48 Å². The molecule has 0 aromatic rings. The second-order valence-electron chi connectivity index (χ2n) is 3.79. The van der Waals surface area contributed by atoms with E-state index in [1.54, 1.807) is 0 Å². The third-order valence-corrected chi connectivity index (χ3v) is 2.29. The van der Waals surface area contributed by atoms with Crippen LogP contribution in [0, 0.1) is 7.43 Å². The van der Waals surface area contributed by atoms with Crippen molar-refractivity contribution in [1.82, 2.24) is 0 Å². The Labute approximate surface area is 79.4 Å². The first-order valence-electron chi connectivity index (χ1n) is 5.02. The minimum Gasteiger partial charge on any atom is -0.358 e. The molecule has 1 heteroatoms. The van der Waals surface area contributed by atoms with Gasteiger partial charge in [-0.2, -0.15) is 0 Å². The summed E-state index contributed by atoms with van der Waals surface area (Å²) in [5.74, 6) is 0. The molecule has 0 aliphatic heterocycles. The van der Waals surface area contributed by atoms with Crippen LogP contribution in [0.25, 0.3) is 0 Å². The van der Waals surface area contributed by atoms with Gasteiger partial charge in [0, 0.05) is 0 Å². The number of nitrogens with zero attached hydrogens (tertiary/aromatic N) is 1. The summed E-state index contributed by atoms with van der Waals surface area (Å²) in [6.07, 6.45) is 3.95. The van der Waals surface area contributed by atoms with Crippen molar-refractivity contribution in [3.63, 3.8) is 0 Å². The van der Waals surface area contributed by atoms with Crippen LogP contribution >= 0.6 is 0 Å². The van der Waals surface area contributed by atoms with Crippen LogP contribution in [0.4, 0.5) is 0 Å².